The number of hydrogen-bond acceptors (Lipinski definition) is 4. The van der Waals surface area contributed by atoms with Gasteiger partial charge in [-0.1, -0.05) is 187 Å². The second kappa shape index (κ2) is 34.9. The molecule has 0 aliphatic carbocycles. The van der Waals surface area contributed by atoms with E-state index in [-0.39, 0.29) is 5.91 Å². The van der Waals surface area contributed by atoms with Crippen molar-refractivity contribution in [2.75, 3.05) is 5.75 Å². The lowest BCUT2D eigenvalue weighted by Crippen LogP contribution is -2.47. The Balaban J connectivity index is 3.86. The summed E-state index contributed by atoms with van der Waals surface area (Å²) in [6.45, 7) is 4.52. The predicted molar refractivity (Wildman–Crippen MR) is 203 cm³/mol. The summed E-state index contributed by atoms with van der Waals surface area (Å²) in [5.74, 6) is -0.894. The average molecular weight is 686 g/mol. The van der Waals surface area contributed by atoms with Crippen molar-refractivity contribution >= 4 is 16.0 Å². The number of unbranched alkanes of at least 4 members (excludes halogenated alkanes) is 27. The van der Waals surface area contributed by atoms with Crippen LogP contribution in [-0.2, 0) is 14.9 Å². The van der Waals surface area contributed by atoms with Crippen molar-refractivity contribution in [1.29, 1.82) is 0 Å². The van der Waals surface area contributed by atoms with E-state index in [1.807, 2.05) is 0 Å². The van der Waals surface area contributed by atoms with Gasteiger partial charge in [0.05, 0.1) is 17.9 Å². The van der Waals surface area contributed by atoms with Crippen LogP contribution in [0.5, 0.6) is 0 Å². The van der Waals surface area contributed by atoms with Crippen LogP contribution in [0.3, 0.4) is 0 Å². The Morgan fingerprint density at radius 3 is 1.28 bits per heavy atom. The van der Waals surface area contributed by atoms with Gasteiger partial charge in [-0.3, -0.25) is 9.35 Å². The van der Waals surface area contributed by atoms with Crippen LogP contribution in [0.1, 0.15) is 219 Å². The molecule has 0 aromatic carbocycles. The molecule has 0 aromatic rings. The van der Waals surface area contributed by atoms with Crippen LogP contribution in [-0.4, -0.2) is 41.9 Å². The zero-order chi connectivity index (χ0) is 34.7. The van der Waals surface area contributed by atoms with E-state index < -0.39 is 28.0 Å². The molecule has 0 radical (unpaired) electrons. The van der Waals surface area contributed by atoms with E-state index in [0.717, 1.165) is 38.5 Å². The van der Waals surface area contributed by atoms with Crippen molar-refractivity contribution < 1.29 is 22.9 Å². The van der Waals surface area contributed by atoms with Gasteiger partial charge in [-0.2, -0.15) is 8.42 Å². The molecule has 6 nitrogen and oxygen atoms in total. The van der Waals surface area contributed by atoms with Crippen LogP contribution in [0.2, 0.25) is 0 Å². The van der Waals surface area contributed by atoms with E-state index in [0.29, 0.717) is 12.8 Å². The molecule has 2 unspecified atom stereocenters. The molecule has 2 atom stereocenters. The molecule has 0 bridgehead atoms. The number of carbonyl (C=O) groups excluding carboxylic acids is 1. The van der Waals surface area contributed by atoms with Gasteiger partial charge in [-0.25, -0.2) is 0 Å². The maximum absolute atomic E-state index is 12.5. The van der Waals surface area contributed by atoms with Gasteiger partial charge >= 0.3 is 0 Å². The molecule has 0 heterocycles. The third-order valence-electron chi connectivity index (χ3n) is 9.47. The van der Waals surface area contributed by atoms with Crippen molar-refractivity contribution in [2.24, 2.45) is 0 Å². The molecule has 0 fully saturated rings. The quantitative estimate of drug-likeness (QED) is 0.0343. The Bertz CT molecular complexity index is 800. The number of amides is 1. The maximum atomic E-state index is 12.5. The molecule has 280 valence electrons. The lowest BCUT2D eigenvalue weighted by Gasteiger charge is -2.23. The third-order valence-corrected chi connectivity index (χ3v) is 10.3. The van der Waals surface area contributed by atoms with E-state index in [4.69, 9.17) is 0 Å². The van der Waals surface area contributed by atoms with E-state index in [2.05, 4.69) is 31.3 Å². The van der Waals surface area contributed by atoms with Gasteiger partial charge in [-0.15, -0.1) is 0 Å². The van der Waals surface area contributed by atoms with Crippen LogP contribution in [0.4, 0.5) is 0 Å². The standard InChI is InChI=1S/C40H79NO5S/c1-3-5-7-9-11-13-15-17-19-20-22-24-26-28-30-32-34-36-40(43)41-38(37-47(44,45)46)39(42)35-33-31-29-27-25-23-21-18-16-14-12-10-8-6-4-2/h17,19,38-39,42H,3-16,18,20-37H2,1-2H3,(H,41,43)(H,44,45,46)/b19-17-. The number of carbonyl (C=O) groups is 1. The van der Waals surface area contributed by atoms with Gasteiger partial charge in [0.15, 0.2) is 0 Å². The van der Waals surface area contributed by atoms with Gasteiger partial charge in [0.2, 0.25) is 5.91 Å². The molecule has 0 aliphatic heterocycles. The monoisotopic (exact) mass is 686 g/mol. The minimum atomic E-state index is -4.31. The van der Waals surface area contributed by atoms with Crippen LogP contribution in [0.15, 0.2) is 12.2 Å². The molecule has 0 aromatic heterocycles. The number of allylic oxidation sites excluding steroid dienone is 2. The summed E-state index contributed by atoms with van der Waals surface area (Å²) in [5.41, 5.74) is 0. The van der Waals surface area contributed by atoms with Gasteiger partial charge in [0.25, 0.3) is 10.1 Å². The molecular formula is C40H79NO5S. The lowest BCUT2D eigenvalue weighted by molar-refractivity contribution is -0.122. The molecule has 0 saturated carbocycles. The van der Waals surface area contributed by atoms with E-state index in [9.17, 15) is 22.9 Å². The molecule has 3 N–H and O–H groups in total. The highest BCUT2D eigenvalue weighted by Gasteiger charge is 2.26. The van der Waals surface area contributed by atoms with Crippen LogP contribution in [0, 0.1) is 0 Å². The largest absolute Gasteiger partial charge is 0.391 e. The molecule has 0 spiro atoms. The Labute approximate surface area is 292 Å². The van der Waals surface area contributed by atoms with E-state index in [1.165, 1.54) is 154 Å². The highest BCUT2D eigenvalue weighted by molar-refractivity contribution is 7.85. The van der Waals surface area contributed by atoms with Crippen molar-refractivity contribution in [1.82, 2.24) is 5.32 Å². The minimum absolute atomic E-state index is 0.248. The summed E-state index contributed by atoms with van der Waals surface area (Å²) < 4.78 is 32.5. The number of aliphatic hydroxyl groups is 1. The van der Waals surface area contributed by atoms with Crippen molar-refractivity contribution in [2.45, 2.75) is 231 Å². The topological polar surface area (TPSA) is 104 Å². The number of hydrogen-bond donors (Lipinski definition) is 3. The highest BCUT2D eigenvalue weighted by atomic mass is 32.2. The second-order valence-electron chi connectivity index (χ2n) is 14.3. The Morgan fingerprint density at radius 1 is 0.553 bits per heavy atom. The average Bonchev–Trinajstić information content (AvgIpc) is 3.03. The lowest BCUT2D eigenvalue weighted by atomic mass is 10.0. The first-order valence-corrected chi connectivity index (χ1v) is 22.0. The zero-order valence-corrected chi connectivity index (χ0v) is 32.0. The van der Waals surface area contributed by atoms with Crippen molar-refractivity contribution in [3.8, 4) is 0 Å². The Morgan fingerprint density at radius 2 is 0.894 bits per heavy atom. The predicted octanol–water partition coefficient (Wildman–Crippen LogP) is 11.8. The van der Waals surface area contributed by atoms with Crippen LogP contribution >= 0.6 is 0 Å². The van der Waals surface area contributed by atoms with Gasteiger partial charge in [0, 0.05) is 6.42 Å². The third kappa shape index (κ3) is 36.2. The van der Waals surface area contributed by atoms with Crippen LogP contribution < -0.4 is 5.32 Å². The second-order valence-corrected chi connectivity index (χ2v) is 15.8. The first-order valence-electron chi connectivity index (χ1n) is 20.4. The highest BCUT2D eigenvalue weighted by Crippen LogP contribution is 2.16. The number of nitrogens with one attached hydrogen (secondary N) is 1. The summed E-state index contributed by atoms with van der Waals surface area (Å²) in [5, 5.41) is 13.3. The molecule has 1 amide bonds. The van der Waals surface area contributed by atoms with E-state index >= 15 is 0 Å². The first kappa shape index (κ1) is 46.1. The van der Waals surface area contributed by atoms with Crippen molar-refractivity contribution in [3.05, 3.63) is 12.2 Å². The smallest absolute Gasteiger partial charge is 0.266 e. The molecule has 0 saturated heterocycles. The Kier molecular flexibility index (Phi) is 34.2. The first-order chi connectivity index (χ1) is 22.8. The SMILES string of the molecule is CCCCCCCC/C=C\CCCCCCCCCC(=O)NC(CS(=O)(=O)O)C(O)CCCCCCCCCCCCCCCCC. The van der Waals surface area contributed by atoms with E-state index in [1.54, 1.807) is 0 Å². The number of rotatable bonds is 37. The van der Waals surface area contributed by atoms with Crippen molar-refractivity contribution in [3.63, 3.8) is 0 Å². The van der Waals surface area contributed by atoms with Gasteiger partial charge in [0.1, 0.15) is 0 Å². The minimum Gasteiger partial charge on any atom is -0.391 e. The van der Waals surface area contributed by atoms with Gasteiger partial charge < -0.3 is 10.4 Å². The number of aliphatic hydroxyl groups excluding tert-OH is 1. The maximum Gasteiger partial charge on any atom is 0.266 e. The molecule has 0 rings (SSSR count). The summed E-state index contributed by atoms with van der Waals surface area (Å²) in [7, 11) is -4.31. The molecule has 0 aliphatic rings. The van der Waals surface area contributed by atoms with Crippen LogP contribution in [0.25, 0.3) is 0 Å². The summed E-state index contributed by atoms with van der Waals surface area (Å²) >= 11 is 0. The Hall–Kier alpha value is -0.920. The normalized spacial score (nSPS) is 13.4. The summed E-state index contributed by atoms with van der Waals surface area (Å²) in [4.78, 5) is 12.5. The molecule has 7 heteroatoms. The molecular weight excluding hydrogens is 607 g/mol. The zero-order valence-electron chi connectivity index (χ0n) is 31.2. The fourth-order valence-electron chi connectivity index (χ4n) is 6.39. The summed E-state index contributed by atoms with van der Waals surface area (Å²) in [6, 6.07) is -0.969. The van der Waals surface area contributed by atoms with Gasteiger partial charge in [-0.05, 0) is 38.5 Å². The fourth-order valence-corrected chi connectivity index (χ4v) is 7.15. The fraction of sp³-hybridized carbons (Fsp3) is 0.925. The summed E-state index contributed by atoms with van der Waals surface area (Å²) in [6.07, 6.45) is 41.5. The molecule has 47 heavy (non-hydrogen) atoms.